The fourth-order valence-corrected chi connectivity index (χ4v) is 2.17. The Hall–Kier alpha value is -3.26. The molecule has 0 aromatic carbocycles. The quantitative estimate of drug-likeness (QED) is 0.139. The van der Waals surface area contributed by atoms with Gasteiger partial charge in [-0.1, -0.05) is 0 Å². The second-order valence-electron chi connectivity index (χ2n) is 6.64. The fourth-order valence-electron chi connectivity index (χ4n) is 2.17. The summed E-state index contributed by atoms with van der Waals surface area (Å²) >= 11 is 0. The molecule has 11 N–H and O–H groups in total. The van der Waals surface area contributed by atoms with Crippen LogP contribution in [0.25, 0.3) is 0 Å². The first-order valence-electron chi connectivity index (χ1n) is 8.90. The first kappa shape index (κ1) is 26.7. The maximum absolute atomic E-state index is 12.5. The summed E-state index contributed by atoms with van der Waals surface area (Å²) in [6.45, 7) is 2.36. The number of aliphatic hydroxyl groups is 1. The first-order valence-corrected chi connectivity index (χ1v) is 8.90. The Morgan fingerprint density at radius 3 is 1.87 bits per heavy atom. The summed E-state index contributed by atoms with van der Waals surface area (Å²) in [6, 6.07) is -5.62. The lowest BCUT2D eigenvalue weighted by Gasteiger charge is -2.25. The smallest absolute Gasteiger partial charge is 0.325 e. The molecule has 0 aromatic heterocycles. The van der Waals surface area contributed by atoms with Crippen LogP contribution in [0.2, 0.25) is 0 Å². The molecule has 170 valence electrons. The number of carboxylic acid groups (broad SMARTS) is 1. The van der Waals surface area contributed by atoms with Gasteiger partial charge in [0.1, 0.15) is 18.1 Å². The third-order valence-corrected chi connectivity index (χ3v) is 3.86. The van der Waals surface area contributed by atoms with E-state index in [1.54, 1.807) is 0 Å². The Kier molecular flexibility index (Phi) is 11.0. The molecule has 0 aromatic rings. The Morgan fingerprint density at radius 2 is 1.43 bits per heavy atom. The van der Waals surface area contributed by atoms with E-state index in [2.05, 4.69) is 16.0 Å². The average molecular weight is 432 g/mol. The van der Waals surface area contributed by atoms with Crippen LogP contribution in [0.5, 0.6) is 0 Å². The normalized spacial score (nSPS) is 15.6. The van der Waals surface area contributed by atoms with E-state index in [0.717, 1.165) is 0 Å². The number of hydrogen-bond acceptors (Lipinski definition) is 8. The molecule has 0 radical (unpaired) electrons. The van der Waals surface area contributed by atoms with E-state index in [9.17, 15) is 33.9 Å². The molecule has 5 amide bonds. The molecule has 14 heteroatoms. The van der Waals surface area contributed by atoms with Gasteiger partial charge in [-0.05, 0) is 20.3 Å². The standard InChI is InChI=1S/C16H28N6O8/c1-6(16(29)30)20-14(27)9(3-4-10(18)24)21-15(28)12(7(2)23)22-13(26)8(17)5-11(19)25/h6-9,12,23H,3-5,17H2,1-2H3,(H2,18,24)(H2,19,25)(H,20,27)(H,21,28)(H,22,26)(H,29,30). The molecule has 0 fully saturated rings. The van der Waals surface area contributed by atoms with E-state index >= 15 is 0 Å². The average Bonchev–Trinajstić information content (AvgIpc) is 2.61. The zero-order valence-electron chi connectivity index (χ0n) is 16.6. The van der Waals surface area contributed by atoms with Crippen molar-refractivity contribution in [3.05, 3.63) is 0 Å². The third kappa shape index (κ3) is 9.79. The molecule has 5 atom stereocenters. The largest absolute Gasteiger partial charge is 0.480 e. The number of nitrogens with one attached hydrogen (secondary N) is 3. The second-order valence-corrected chi connectivity index (χ2v) is 6.64. The number of hydrogen-bond donors (Lipinski definition) is 8. The number of nitrogens with two attached hydrogens (primary N) is 3. The summed E-state index contributed by atoms with van der Waals surface area (Å²) in [5.74, 6) is -5.84. The number of amides is 5. The minimum atomic E-state index is -1.57. The highest BCUT2D eigenvalue weighted by Crippen LogP contribution is 2.03. The van der Waals surface area contributed by atoms with Crippen molar-refractivity contribution in [3.63, 3.8) is 0 Å². The first-order chi connectivity index (χ1) is 13.8. The van der Waals surface area contributed by atoms with Crippen molar-refractivity contribution in [3.8, 4) is 0 Å². The molecule has 0 aliphatic rings. The highest BCUT2D eigenvalue weighted by Gasteiger charge is 2.32. The molecule has 0 aliphatic carbocycles. The van der Waals surface area contributed by atoms with Crippen LogP contribution in [0.15, 0.2) is 0 Å². The fraction of sp³-hybridized carbons (Fsp3) is 0.625. The lowest BCUT2D eigenvalue weighted by molar-refractivity contribution is -0.142. The Bertz CT molecular complexity index is 683. The topological polar surface area (TPSA) is 257 Å². The minimum absolute atomic E-state index is 0.263. The van der Waals surface area contributed by atoms with Crippen molar-refractivity contribution in [2.24, 2.45) is 17.2 Å². The van der Waals surface area contributed by atoms with Crippen LogP contribution in [0.4, 0.5) is 0 Å². The van der Waals surface area contributed by atoms with Crippen LogP contribution in [-0.4, -0.2) is 76.0 Å². The summed E-state index contributed by atoms with van der Waals surface area (Å²) in [5.41, 5.74) is 15.5. The van der Waals surface area contributed by atoms with E-state index in [-0.39, 0.29) is 12.8 Å². The second kappa shape index (κ2) is 12.3. The number of rotatable bonds is 13. The van der Waals surface area contributed by atoms with Gasteiger partial charge in [-0.3, -0.25) is 28.8 Å². The van der Waals surface area contributed by atoms with E-state index in [1.807, 2.05) is 0 Å². The molecule has 0 saturated heterocycles. The monoisotopic (exact) mass is 432 g/mol. The van der Waals surface area contributed by atoms with Crippen LogP contribution in [0.1, 0.15) is 33.1 Å². The number of carbonyl (C=O) groups is 6. The molecule has 30 heavy (non-hydrogen) atoms. The Morgan fingerprint density at radius 1 is 0.867 bits per heavy atom. The van der Waals surface area contributed by atoms with Crippen LogP contribution >= 0.6 is 0 Å². The Balaban J connectivity index is 5.34. The van der Waals surface area contributed by atoms with Gasteiger partial charge in [0.15, 0.2) is 0 Å². The van der Waals surface area contributed by atoms with Gasteiger partial charge in [-0.25, -0.2) is 0 Å². The van der Waals surface area contributed by atoms with E-state index in [4.69, 9.17) is 22.3 Å². The van der Waals surface area contributed by atoms with Crippen LogP contribution in [-0.2, 0) is 28.8 Å². The maximum Gasteiger partial charge on any atom is 0.325 e. The van der Waals surface area contributed by atoms with Gasteiger partial charge in [0, 0.05) is 6.42 Å². The van der Waals surface area contributed by atoms with Gasteiger partial charge in [-0.15, -0.1) is 0 Å². The molecule has 0 saturated carbocycles. The SMILES string of the molecule is CC(NC(=O)C(CCC(N)=O)NC(=O)C(NC(=O)C(N)CC(N)=O)C(C)O)C(=O)O. The molecular weight excluding hydrogens is 404 g/mol. The number of carboxylic acids is 1. The molecular formula is C16H28N6O8. The van der Waals surface area contributed by atoms with Gasteiger partial charge in [0.2, 0.25) is 29.5 Å². The predicted molar refractivity (Wildman–Crippen MR) is 101 cm³/mol. The van der Waals surface area contributed by atoms with Gasteiger partial charge in [0.05, 0.1) is 18.6 Å². The Labute approximate surface area is 171 Å². The van der Waals surface area contributed by atoms with Crippen molar-refractivity contribution < 1.29 is 39.0 Å². The molecule has 14 nitrogen and oxygen atoms in total. The summed E-state index contributed by atoms with van der Waals surface area (Å²) < 4.78 is 0. The lowest BCUT2D eigenvalue weighted by atomic mass is 10.1. The molecule has 0 bridgehead atoms. The van der Waals surface area contributed by atoms with Crippen molar-refractivity contribution >= 4 is 35.5 Å². The zero-order valence-corrected chi connectivity index (χ0v) is 16.6. The van der Waals surface area contributed by atoms with Crippen molar-refractivity contribution in [1.82, 2.24) is 16.0 Å². The van der Waals surface area contributed by atoms with E-state index < -0.39 is 72.2 Å². The summed E-state index contributed by atoms with van der Waals surface area (Å²) in [5, 5.41) is 25.2. The third-order valence-electron chi connectivity index (χ3n) is 3.86. The molecule has 0 rings (SSSR count). The number of aliphatic carboxylic acids is 1. The minimum Gasteiger partial charge on any atom is -0.480 e. The summed E-state index contributed by atoms with van der Waals surface area (Å²) in [7, 11) is 0. The number of aliphatic hydroxyl groups excluding tert-OH is 1. The van der Waals surface area contributed by atoms with Crippen LogP contribution in [0, 0.1) is 0 Å². The van der Waals surface area contributed by atoms with Crippen molar-refractivity contribution in [2.75, 3.05) is 0 Å². The van der Waals surface area contributed by atoms with Gasteiger partial charge < -0.3 is 43.4 Å². The molecule has 0 aliphatic heterocycles. The van der Waals surface area contributed by atoms with E-state index in [1.165, 1.54) is 13.8 Å². The molecule has 0 spiro atoms. The maximum atomic E-state index is 12.5. The molecule has 0 heterocycles. The van der Waals surface area contributed by atoms with Crippen molar-refractivity contribution in [2.45, 2.75) is 63.4 Å². The highest BCUT2D eigenvalue weighted by atomic mass is 16.4. The molecule has 5 unspecified atom stereocenters. The van der Waals surface area contributed by atoms with E-state index in [0.29, 0.717) is 0 Å². The van der Waals surface area contributed by atoms with Gasteiger partial charge in [0.25, 0.3) is 0 Å². The van der Waals surface area contributed by atoms with Crippen LogP contribution in [0.3, 0.4) is 0 Å². The zero-order chi connectivity index (χ0) is 23.6. The van der Waals surface area contributed by atoms with Crippen molar-refractivity contribution in [1.29, 1.82) is 0 Å². The van der Waals surface area contributed by atoms with Crippen LogP contribution < -0.4 is 33.2 Å². The lowest BCUT2D eigenvalue weighted by Crippen LogP contribution is -2.59. The summed E-state index contributed by atoms with van der Waals surface area (Å²) in [6.07, 6.45) is -2.51. The van der Waals surface area contributed by atoms with Gasteiger partial charge in [-0.2, -0.15) is 0 Å². The summed E-state index contributed by atoms with van der Waals surface area (Å²) in [4.78, 5) is 69.6. The number of carbonyl (C=O) groups excluding carboxylic acids is 5. The number of primary amides is 2. The predicted octanol–water partition coefficient (Wildman–Crippen LogP) is -4.61. The van der Waals surface area contributed by atoms with Gasteiger partial charge >= 0.3 is 5.97 Å². The highest BCUT2D eigenvalue weighted by molar-refractivity contribution is 5.95.